The molecule has 0 saturated carbocycles. The molecule has 1 heterocycles. The van der Waals surface area contributed by atoms with E-state index in [-0.39, 0.29) is 6.04 Å². The van der Waals surface area contributed by atoms with Gasteiger partial charge in [0.05, 0.1) is 11.2 Å². The third kappa shape index (κ3) is 1.53. The topological polar surface area (TPSA) is 59.1 Å². The lowest BCUT2D eigenvalue weighted by Gasteiger charge is -2.10. The van der Waals surface area contributed by atoms with Crippen molar-refractivity contribution < 1.29 is 5.11 Å². The van der Waals surface area contributed by atoms with Gasteiger partial charge < -0.3 is 10.8 Å². The molecule has 0 radical (unpaired) electrons. The first-order valence-corrected chi connectivity index (χ1v) is 3.98. The van der Waals surface area contributed by atoms with E-state index < -0.39 is 6.10 Å². The van der Waals surface area contributed by atoms with Crippen molar-refractivity contribution in [1.82, 2.24) is 4.98 Å². The summed E-state index contributed by atoms with van der Waals surface area (Å²) in [5, 5.41) is 11.1. The van der Waals surface area contributed by atoms with E-state index in [2.05, 4.69) is 4.98 Å². The summed E-state index contributed by atoms with van der Waals surface area (Å²) in [6.45, 7) is 1.75. The second-order valence-electron chi connectivity index (χ2n) is 2.22. The lowest BCUT2D eigenvalue weighted by atomic mass is 10.1. The summed E-state index contributed by atoms with van der Waals surface area (Å²) >= 11 is 1.46. The van der Waals surface area contributed by atoms with Crippen LogP contribution in [0.3, 0.4) is 0 Å². The zero-order chi connectivity index (χ0) is 7.56. The largest absolute Gasteiger partial charge is 0.385 e. The molecule has 0 bridgehead atoms. The van der Waals surface area contributed by atoms with Crippen LogP contribution in [0.25, 0.3) is 0 Å². The van der Waals surface area contributed by atoms with Crippen molar-refractivity contribution in [2.75, 3.05) is 0 Å². The average molecular weight is 158 g/mol. The molecular weight excluding hydrogens is 148 g/mol. The average Bonchev–Trinajstić information content (AvgIpc) is 2.36. The van der Waals surface area contributed by atoms with Gasteiger partial charge in [-0.25, -0.2) is 4.98 Å². The quantitative estimate of drug-likeness (QED) is 0.659. The summed E-state index contributed by atoms with van der Waals surface area (Å²) in [7, 11) is 0. The van der Waals surface area contributed by atoms with Gasteiger partial charge >= 0.3 is 0 Å². The monoisotopic (exact) mass is 158 g/mol. The number of hydrogen-bond acceptors (Lipinski definition) is 4. The third-order valence-electron chi connectivity index (χ3n) is 1.25. The number of aliphatic hydroxyl groups is 1. The Labute approximate surface area is 63.5 Å². The normalized spacial score (nSPS) is 16.7. The Morgan fingerprint density at radius 2 is 2.50 bits per heavy atom. The molecule has 10 heavy (non-hydrogen) atoms. The first kappa shape index (κ1) is 7.65. The fraction of sp³-hybridized carbons (Fsp3) is 0.500. The van der Waals surface area contributed by atoms with Gasteiger partial charge in [0.25, 0.3) is 0 Å². The number of hydrogen-bond donors (Lipinski definition) is 2. The molecule has 2 atom stereocenters. The first-order valence-electron chi connectivity index (χ1n) is 3.03. The van der Waals surface area contributed by atoms with E-state index in [1.807, 2.05) is 0 Å². The number of nitrogens with two attached hydrogens (primary N) is 1. The van der Waals surface area contributed by atoms with Gasteiger partial charge in [-0.3, -0.25) is 0 Å². The lowest BCUT2D eigenvalue weighted by molar-refractivity contribution is 0.149. The lowest BCUT2D eigenvalue weighted by Crippen LogP contribution is -2.24. The standard InChI is InChI=1S/C6H10N2OS/c1-4(7)6(9)5-2-10-3-8-5/h2-4,6,9H,7H2,1H3. The summed E-state index contributed by atoms with van der Waals surface area (Å²) in [6, 6.07) is -0.248. The van der Waals surface area contributed by atoms with Gasteiger partial charge in [-0.2, -0.15) is 0 Å². The van der Waals surface area contributed by atoms with Gasteiger partial charge in [0.2, 0.25) is 0 Å². The van der Waals surface area contributed by atoms with E-state index in [9.17, 15) is 5.11 Å². The van der Waals surface area contributed by atoms with Crippen molar-refractivity contribution in [3.63, 3.8) is 0 Å². The van der Waals surface area contributed by atoms with E-state index in [0.717, 1.165) is 0 Å². The highest BCUT2D eigenvalue weighted by molar-refractivity contribution is 7.07. The molecule has 3 N–H and O–H groups in total. The fourth-order valence-electron chi connectivity index (χ4n) is 0.637. The second kappa shape index (κ2) is 3.09. The van der Waals surface area contributed by atoms with Crippen molar-refractivity contribution in [2.24, 2.45) is 5.73 Å². The second-order valence-corrected chi connectivity index (χ2v) is 2.94. The Hall–Kier alpha value is -0.450. The van der Waals surface area contributed by atoms with Gasteiger partial charge in [-0.15, -0.1) is 11.3 Å². The molecule has 56 valence electrons. The summed E-state index contributed by atoms with van der Waals surface area (Å²) in [5.41, 5.74) is 7.79. The first-order chi connectivity index (χ1) is 4.72. The summed E-state index contributed by atoms with van der Waals surface area (Å²) in [5.74, 6) is 0. The van der Waals surface area contributed by atoms with Crippen molar-refractivity contribution in [3.05, 3.63) is 16.6 Å². The predicted octanol–water partition coefficient (Wildman–Crippen LogP) is 0.524. The maximum absolute atomic E-state index is 9.31. The SMILES string of the molecule is CC(N)C(O)c1cscn1. The van der Waals surface area contributed by atoms with E-state index >= 15 is 0 Å². The maximum atomic E-state index is 9.31. The minimum Gasteiger partial charge on any atom is -0.385 e. The Balaban J connectivity index is 2.68. The van der Waals surface area contributed by atoms with Crippen molar-refractivity contribution in [2.45, 2.75) is 19.1 Å². The summed E-state index contributed by atoms with van der Waals surface area (Å²) in [4.78, 5) is 3.93. The zero-order valence-corrected chi connectivity index (χ0v) is 6.51. The van der Waals surface area contributed by atoms with Crippen molar-refractivity contribution in [3.8, 4) is 0 Å². The minimum atomic E-state index is -0.619. The van der Waals surface area contributed by atoms with E-state index in [4.69, 9.17) is 5.73 Å². The van der Waals surface area contributed by atoms with Gasteiger partial charge in [0.15, 0.2) is 0 Å². The van der Waals surface area contributed by atoms with Gasteiger partial charge in [-0.05, 0) is 6.92 Å². The molecule has 0 aliphatic heterocycles. The Morgan fingerprint density at radius 3 is 2.90 bits per heavy atom. The highest BCUT2D eigenvalue weighted by Gasteiger charge is 2.13. The molecule has 3 nitrogen and oxygen atoms in total. The molecule has 4 heteroatoms. The molecule has 0 saturated heterocycles. The van der Waals surface area contributed by atoms with Crippen LogP contribution in [0.5, 0.6) is 0 Å². The van der Waals surface area contributed by atoms with Crippen LogP contribution in [0, 0.1) is 0 Å². The van der Waals surface area contributed by atoms with Gasteiger partial charge in [0.1, 0.15) is 6.10 Å². The van der Waals surface area contributed by atoms with Gasteiger partial charge in [-0.1, -0.05) is 0 Å². The Morgan fingerprint density at radius 1 is 1.80 bits per heavy atom. The summed E-state index contributed by atoms with van der Waals surface area (Å²) < 4.78 is 0. The number of aliphatic hydroxyl groups excluding tert-OH is 1. The smallest absolute Gasteiger partial charge is 0.112 e. The van der Waals surface area contributed by atoms with Gasteiger partial charge in [0, 0.05) is 11.4 Å². The molecular formula is C6H10N2OS. The van der Waals surface area contributed by atoms with Crippen LogP contribution >= 0.6 is 11.3 Å². The molecule has 0 spiro atoms. The highest BCUT2D eigenvalue weighted by atomic mass is 32.1. The number of thiazole rings is 1. The molecule has 0 aromatic carbocycles. The van der Waals surface area contributed by atoms with Crippen LogP contribution in [-0.4, -0.2) is 16.1 Å². The van der Waals surface area contributed by atoms with E-state index in [0.29, 0.717) is 5.69 Å². The van der Waals surface area contributed by atoms with Crippen molar-refractivity contribution in [1.29, 1.82) is 0 Å². The minimum absolute atomic E-state index is 0.248. The molecule has 0 aliphatic carbocycles. The van der Waals surface area contributed by atoms with Crippen LogP contribution in [0.15, 0.2) is 10.9 Å². The molecule has 1 aromatic rings. The fourth-order valence-corrected chi connectivity index (χ4v) is 1.22. The van der Waals surface area contributed by atoms with E-state index in [1.165, 1.54) is 11.3 Å². The Bertz CT molecular complexity index is 186. The zero-order valence-electron chi connectivity index (χ0n) is 5.69. The summed E-state index contributed by atoms with van der Waals surface area (Å²) in [6.07, 6.45) is -0.619. The number of aromatic nitrogens is 1. The van der Waals surface area contributed by atoms with E-state index in [1.54, 1.807) is 17.8 Å². The van der Waals surface area contributed by atoms with Crippen LogP contribution in [-0.2, 0) is 0 Å². The molecule has 1 aromatic heterocycles. The molecule has 2 unspecified atom stereocenters. The third-order valence-corrected chi connectivity index (χ3v) is 1.86. The molecule has 0 aliphatic rings. The number of nitrogens with zero attached hydrogens (tertiary/aromatic N) is 1. The molecule has 1 rings (SSSR count). The molecule has 0 fully saturated rings. The molecule has 0 amide bonds. The van der Waals surface area contributed by atoms with Crippen molar-refractivity contribution >= 4 is 11.3 Å². The van der Waals surface area contributed by atoms with Crippen LogP contribution in [0.1, 0.15) is 18.7 Å². The highest BCUT2D eigenvalue weighted by Crippen LogP contribution is 2.14. The number of rotatable bonds is 2. The van der Waals surface area contributed by atoms with Crippen LogP contribution < -0.4 is 5.73 Å². The van der Waals surface area contributed by atoms with Crippen LogP contribution in [0.4, 0.5) is 0 Å². The Kier molecular flexibility index (Phi) is 2.37. The maximum Gasteiger partial charge on any atom is 0.112 e. The predicted molar refractivity (Wildman–Crippen MR) is 40.7 cm³/mol. The van der Waals surface area contributed by atoms with Crippen LogP contribution in [0.2, 0.25) is 0 Å².